The molecule has 1 aliphatic carbocycles. The van der Waals surface area contributed by atoms with E-state index < -0.39 is 0 Å². The monoisotopic (exact) mass is 340 g/mol. The van der Waals surface area contributed by atoms with Crippen molar-refractivity contribution in [1.82, 2.24) is 0 Å². The maximum absolute atomic E-state index is 4.85. The minimum atomic E-state index is 0.850. The molecule has 25 heavy (non-hydrogen) atoms. The molecule has 0 radical (unpaired) electrons. The van der Waals surface area contributed by atoms with Crippen LogP contribution >= 0.6 is 0 Å². The third kappa shape index (κ3) is 4.86. The van der Waals surface area contributed by atoms with Gasteiger partial charge in [0, 0.05) is 25.0 Å². The van der Waals surface area contributed by atoms with Crippen molar-refractivity contribution < 1.29 is 0 Å². The van der Waals surface area contributed by atoms with Gasteiger partial charge in [0.2, 0.25) is 0 Å². The fraction of sp³-hybridized carbons (Fsp3) is 0.696. The number of aryl methyl sites for hydroxylation is 1. The van der Waals surface area contributed by atoms with Crippen LogP contribution in [-0.2, 0) is 6.42 Å². The van der Waals surface area contributed by atoms with Gasteiger partial charge in [-0.05, 0) is 87.0 Å². The van der Waals surface area contributed by atoms with Crippen LogP contribution in [0, 0.1) is 18.8 Å². The molecule has 1 saturated carbocycles. The van der Waals surface area contributed by atoms with Crippen molar-refractivity contribution in [2.45, 2.75) is 78.6 Å². The summed E-state index contributed by atoms with van der Waals surface area (Å²) < 4.78 is 0. The van der Waals surface area contributed by atoms with Crippen molar-refractivity contribution in [2.24, 2.45) is 16.8 Å². The van der Waals surface area contributed by atoms with Crippen molar-refractivity contribution in [3.8, 4) is 0 Å². The average Bonchev–Trinajstić information content (AvgIpc) is 2.63. The molecular formula is C23H36N2. The van der Waals surface area contributed by atoms with Gasteiger partial charge < -0.3 is 4.90 Å². The molecule has 0 amide bonds. The van der Waals surface area contributed by atoms with E-state index in [1.807, 2.05) is 0 Å². The Kier molecular flexibility index (Phi) is 6.56. The van der Waals surface area contributed by atoms with Crippen LogP contribution < -0.4 is 4.90 Å². The lowest BCUT2D eigenvalue weighted by Crippen LogP contribution is -2.29. The summed E-state index contributed by atoms with van der Waals surface area (Å²) >= 11 is 0. The van der Waals surface area contributed by atoms with E-state index in [0.29, 0.717) is 0 Å². The van der Waals surface area contributed by atoms with Crippen LogP contribution in [0.25, 0.3) is 0 Å². The van der Waals surface area contributed by atoms with Crippen LogP contribution in [0.1, 0.15) is 76.3 Å². The van der Waals surface area contributed by atoms with Gasteiger partial charge in [0.1, 0.15) is 0 Å². The normalized spacial score (nSPS) is 24.8. The van der Waals surface area contributed by atoms with E-state index in [1.165, 1.54) is 87.0 Å². The second kappa shape index (κ2) is 8.87. The predicted molar refractivity (Wildman–Crippen MR) is 111 cm³/mol. The zero-order valence-electron chi connectivity index (χ0n) is 16.6. The number of nitrogens with zero attached hydrogens (tertiary/aromatic N) is 2. The molecule has 1 aromatic rings. The van der Waals surface area contributed by atoms with Crippen LogP contribution in [-0.4, -0.2) is 19.3 Å². The molecule has 2 fully saturated rings. The first-order valence-electron chi connectivity index (χ1n) is 10.6. The van der Waals surface area contributed by atoms with Gasteiger partial charge in [-0.1, -0.05) is 26.7 Å². The second-order valence-corrected chi connectivity index (χ2v) is 8.37. The Morgan fingerprint density at radius 1 is 1.08 bits per heavy atom. The molecule has 1 saturated heterocycles. The highest BCUT2D eigenvalue weighted by molar-refractivity contribution is 5.70. The Morgan fingerprint density at radius 2 is 1.80 bits per heavy atom. The maximum Gasteiger partial charge on any atom is 0.0688 e. The van der Waals surface area contributed by atoms with Gasteiger partial charge in [-0.25, -0.2) is 0 Å². The molecular weight excluding hydrogens is 304 g/mol. The van der Waals surface area contributed by atoms with Crippen LogP contribution in [0.4, 0.5) is 11.4 Å². The number of benzene rings is 1. The van der Waals surface area contributed by atoms with Crippen LogP contribution in [0.3, 0.4) is 0 Å². The molecule has 0 aromatic heterocycles. The number of hydrogen-bond acceptors (Lipinski definition) is 2. The largest absolute Gasteiger partial charge is 0.372 e. The lowest BCUT2D eigenvalue weighted by atomic mass is 9.79. The fourth-order valence-corrected chi connectivity index (χ4v) is 4.53. The zero-order valence-corrected chi connectivity index (χ0v) is 16.6. The first-order valence-corrected chi connectivity index (χ1v) is 10.6. The lowest BCUT2D eigenvalue weighted by Gasteiger charge is -2.31. The van der Waals surface area contributed by atoms with Crippen molar-refractivity contribution in [3.63, 3.8) is 0 Å². The molecule has 2 nitrogen and oxygen atoms in total. The molecule has 1 aromatic carbocycles. The fourth-order valence-electron chi connectivity index (χ4n) is 4.53. The number of piperidine rings is 1. The summed E-state index contributed by atoms with van der Waals surface area (Å²) in [6.07, 6.45) is 14.0. The summed E-state index contributed by atoms with van der Waals surface area (Å²) in [7, 11) is 0. The maximum atomic E-state index is 4.85. The van der Waals surface area contributed by atoms with E-state index in [2.05, 4.69) is 44.0 Å². The van der Waals surface area contributed by atoms with E-state index >= 15 is 0 Å². The number of aliphatic imine (C=N–C) groups is 1. The Hall–Kier alpha value is -1.31. The average molecular weight is 341 g/mol. The standard InChI is InChI=1S/C23H36N2/c1-4-12-24-23-19(3)15-22(25-13-6-5-7-14-25)17-21(23)16-20-10-8-18(2)9-11-20/h12,15,17-18,20H,4-11,13-14,16H2,1-3H3/b24-12-. The third-order valence-corrected chi connectivity index (χ3v) is 6.13. The highest BCUT2D eigenvalue weighted by atomic mass is 15.1. The van der Waals surface area contributed by atoms with Crippen molar-refractivity contribution in [2.75, 3.05) is 18.0 Å². The molecule has 2 heteroatoms. The van der Waals surface area contributed by atoms with Crippen molar-refractivity contribution in [3.05, 3.63) is 23.3 Å². The van der Waals surface area contributed by atoms with Crippen molar-refractivity contribution in [1.29, 1.82) is 0 Å². The van der Waals surface area contributed by atoms with Gasteiger partial charge in [-0.2, -0.15) is 0 Å². The minimum absolute atomic E-state index is 0.850. The molecule has 2 aliphatic rings. The van der Waals surface area contributed by atoms with Crippen LogP contribution in [0.15, 0.2) is 17.1 Å². The number of hydrogen-bond donors (Lipinski definition) is 0. The van der Waals surface area contributed by atoms with Gasteiger partial charge in [-0.3, -0.25) is 4.99 Å². The SMILES string of the molecule is CC/C=N\c1c(C)cc(N2CCCCC2)cc1CC1CCC(C)CC1. The summed E-state index contributed by atoms with van der Waals surface area (Å²) in [4.78, 5) is 7.44. The van der Waals surface area contributed by atoms with E-state index in [9.17, 15) is 0 Å². The van der Waals surface area contributed by atoms with Gasteiger partial charge in [0.15, 0.2) is 0 Å². The molecule has 0 unspecified atom stereocenters. The third-order valence-electron chi connectivity index (χ3n) is 6.13. The molecule has 138 valence electrons. The van der Waals surface area contributed by atoms with Crippen LogP contribution in [0.2, 0.25) is 0 Å². The Bertz CT molecular complexity index is 576. The Balaban J connectivity index is 1.85. The smallest absolute Gasteiger partial charge is 0.0688 e. The van der Waals surface area contributed by atoms with Gasteiger partial charge in [-0.15, -0.1) is 0 Å². The molecule has 1 aliphatic heterocycles. The summed E-state index contributed by atoms with van der Waals surface area (Å²) in [6, 6.07) is 4.85. The predicted octanol–water partition coefficient (Wildman–Crippen LogP) is 6.47. The molecule has 0 atom stereocenters. The highest BCUT2D eigenvalue weighted by Crippen LogP contribution is 2.36. The zero-order chi connectivity index (χ0) is 17.6. The second-order valence-electron chi connectivity index (χ2n) is 8.37. The topological polar surface area (TPSA) is 15.6 Å². The summed E-state index contributed by atoms with van der Waals surface area (Å²) in [5, 5.41) is 0. The molecule has 1 heterocycles. The first kappa shape index (κ1) is 18.5. The minimum Gasteiger partial charge on any atom is -0.372 e. The van der Waals surface area contributed by atoms with Gasteiger partial charge >= 0.3 is 0 Å². The number of rotatable bonds is 5. The molecule has 3 rings (SSSR count). The molecule has 0 bridgehead atoms. The summed E-state index contributed by atoms with van der Waals surface area (Å²) in [6.45, 7) is 9.27. The molecule has 0 spiro atoms. The summed E-state index contributed by atoms with van der Waals surface area (Å²) in [5.41, 5.74) is 5.53. The quantitative estimate of drug-likeness (QED) is 0.561. The van der Waals surface area contributed by atoms with Crippen molar-refractivity contribution >= 4 is 17.6 Å². The highest BCUT2D eigenvalue weighted by Gasteiger charge is 2.21. The van der Waals surface area contributed by atoms with E-state index in [1.54, 1.807) is 0 Å². The summed E-state index contributed by atoms with van der Waals surface area (Å²) in [5.74, 6) is 1.78. The van der Waals surface area contributed by atoms with Gasteiger partial charge in [0.25, 0.3) is 0 Å². The van der Waals surface area contributed by atoms with E-state index in [-0.39, 0.29) is 0 Å². The molecule has 0 N–H and O–H groups in total. The lowest BCUT2D eigenvalue weighted by molar-refractivity contribution is 0.289. The van der Waals surface area contributed by atoms with Crippen LogP contribution in [0.5, 0.6) is 0 Å². The van der Waals surface area contributed by atoms with Gasteiger partial charge in [0.05, 0.1) is 5.69 Å². The van der Waals surface area contributed by atoms with E-state index in [0.717, 1.165) is 18.3 Å². The number of anilines is 1. The Morgan fingerprint density at radius 3 is 2.48 bits per heavy atom. The van der Waals surface area contributed by atoms with E-state index in [4.69, 9.17) is 4.99 Å². The first-order chi connectivity index (χ1) is 12.2. The Labute approximate surface area is 154 Å².